The Labute approximate surface area is 132 Å². The lowest BCUT2D eigenvalue weighted by atomic mass is 9.85. The quantitative estimate of drug-likeness (QED) is 0.885. The van der Waals surface area contributed by atoms with Crippen molar-refractivity contribution in [3.63, 3.8) is 0 Å². The summed E-state index contributed by atoms with van der Waals surface area (Å²) >= 11 is 0. The zero-order chi connectivity index (χ0) is 16.0. The highest BCUT2D eigenvalue weighted by molar-refractivity contribution is 5.82. The van der Waals surface area contributed by atoms with Crippen LogP contribution in [-0.4, -0.2) is 13.0 Å². The molecule has 1 amide bonds. The Hall–Kier alpha value is -2.29. The SMILES string of the molecule is COc1ccc(CNC(=O)C(C)(C)Cc2ccccc2)cc1. The van der Waals surface area contributed by atoms with E-state index in [4.69, 9.17) is 4.74 Å². The second kappa shape index (κ2) is 7.12. The molecule has 2 rings (SSSR count). The molecule has 3 heteroatoms. The van der Waals surface area contributed by atoms with Crippen LogP contribution in [0.1, 0.15) is 25.0 Å². The number of ether oxygens (including phenoxy) is 1. The highest BCUT2D eigenvalue weighted by Crippen LogP contribution is 2.22. The van der Waals surface area contributed by atoms with Gasteiger partial charge in [-0.3, -0.25) is 4.79 Å². The molecule has 0 bridgehead atoms. The van der Waals surface area contributed by atoms with E-state index < -0.39 is 5.41 Å². The first-order valence-electron chi connectivity index (χ1n) is 7.46. The summed E-state index contributed by atoms with van der Waals surface area (Å²) in [5, 5.41) is 3.02. The molecule has 1 N–H and O–H groups in total. The van der Waals surface area contributed by atoms with Crippen LogP contribution >= 0.6 is 0 Å². The Kier molecular flexibility index (Phi) is 5.21. The molecule has 0 saturated carbocycles. The van der Waals surface area contributed by atoms with Crippen LogP contribution < -0.4 is 10.1 Å². The molecule has 0 aliphatic carbocycles. The van der Waals surface area contributed by atoms with Gasteiger partial charge in [-0.15, -0.1) is 0 Å². The van der Waals surface area contributed by atoms with E-state index in [2.05, 4.69) is 17.4 Å². The van der Waals surface area contributed by atoms with Gasteiger partial charge in [-0.05, 0) is 29.7 Å². The molecule has 0 fully saturated rings. The number of hydrogen-bond donors (Lipinski definition) is 1. The number of hydrogen-bond acceptors (Lipinski definition) is 2. The molecule has 0 unspecified atom stereocenters. The Bertz CT molecular complexity index is 603. The normalized spacial score (nSPS) is 11.0. The largest absolute Gasteiger partial charge is 0.497 e. The highest BCUT2D eigenvalue weighted by atomic mass is 16.5. The van der Waals surface area contributed by atoms with E-state index in [0.717, 1.165) is 17.7 Å². The molecule has 0 heterocycles. The van der Waals surface area contributed by atoms with E-state index >= 15 is 0 Å². The zero-order valence-corrected chi connectivity index (χ0v) is 13.4. The molecule has 0 saturated heterocycles. The Morgan fingerprint density at radius 3 is 2.23 bits per heavy atom. The van der Waals surface area contributed by atoms with Crippen molar-refractivity contribution in [1.82, 2.24) is 5.32 Å². The second-order valence-electron chi connectivity index (χ2n) is 6.08. The van der Waals surface area contributed by atoms with Crippen LogP contribution in [0.4, 0.5) is 0 Å². The van der Waals surface area contributed by atoms with Crippen molar-refractivity contribution in [3.8, 4) is 5.75 Å². The van der Waals surface area contributed by atoms with E-state index in [1.807, 2.05) is 56.3 Å². The van der Waals surface area contributed by atoms with Gasteiger partial charge in [0, 0.05) is 12.0 Å². The fourth-order valence-corrected chi connectivity index (χ4v) is 2.35. The smallest absolute Gasteiger partial charge is 0.226 e. The molecule has 0 aromatic heterocycles. The van der Waals surface area contributed by atoms with Gasteiger partial charge in [0.25, 0.3) is 0 Å². The predicted octanol–water partition coefficient (Wildman–Crippen LogP) is 3.58. The summed E-state index contributed by atoms with van der Waals surface area (Å²) in [4.78, 5) is 12.4. The van der Waals surface area contributed by atoms with Gasteiger partial charge in [0.05, 0.1) is 7.11 Å². The third-order valence-corrected chi connectivity index (χ3v) is 3.72. The van der Waals surface area contributed by atoms with Gasteiger partial charge in [0.1, 0.15) is 5.75 Å². The number of nitrogens with one attached hydrogen (secondary N) is 1. The van der Waals surface area contributed by atoms with Gasteiger partial charge in [-0.25, -0.2) is 0 Å². The minimum atomic E-state index is -0.437. The summed E-state index contributed by atoms with van der Waals surface area (Å²) < 4.78 is 5.13. The molecule has 3 nitrogen and oxygen atoms in total. The maximum absolute atomic E-state index is 12.4. The van der Waals surface area contributed by atoms with E-state index in [-0.39, 0.29) is 5.91 Å². The lowest BCUT2D eigenvalue weighted by Gasteiger charge is -2.23. The fraction of sp³-hybridized carbons (Fsp3) is 0.316. The van der Waals surface area contributed by atoms with Crippen molar-refractivity contribution in [2.45, 2.75) is 26.8 Å². The fourth-order valence-electron chi connectivity index (χ4n) is 2.35. The van der Waals surface area contributed by atoms with Crippen molar-refractivity contribution in [2.75, 3.05) is 7.11 Å². The molecular weight excluding hydrogens is 274 g/mol. The van der Waals surface area contributed by atoms with Crippen molar-refractivity contribution in [2.24, 2.45) is 5.41 Å². The minimum Gasteiger partial charge on any atom is -0.497 e. The number of carbonyl (C=O) groups excluding carboxylic acids is 1. The second-order valence-corrected chi connectivity index (χ2v) is 6.08. The van der Waals surface area contributed by atoms with Crippen LogP contribution in [0.2, 0.25) is 0 Å². The lowest BCUT2D eigenvalue weighted by Crippen LogP contribution is -2.38. The molecule has 0 aliphatic rings. The van der Waals surface area contributed by atoms with Gasteiger partial charge in [-0.1, -0.05) is 56.3 Å². The molecular formula is C19H23NO2. The number of carbonyl (C=O) groups is 1. The maximum Gasteiger partial charge on any atom is 0.226 e. The molecule has 0 aliphatic heterocycles. The lowest BCUT2D eigenvalue weighted by molar-refractivity contribution is -0.129. The Balaban J connectivity index is 1.92. The summed E-state index contributed by atoms with van der Waals surface area (Å²) in [6.45, 7) is 4.48. The van der Waals surface area contributed by atoms with Crippen molar-refractivity contribution >= 4 is 5.91 Å². The van der Waals surface area contributed by atoms with E-state index in [1.165, 1.54) is 5.56 Å². The van der Waals surface area contributed by atoms with E-state index in [1.54, 1.807) is 7.11 Å². The molecule has 22 heavy (non-hydrogen) atoms. The zero-order valence-electron chi connectivity index (χ0n) is 13.4. The van der Waals surface area contributed by atoms with Crippen molar-refractivity contribution in [1.29, 1.82) is 0 Å². The summed E-state index contributed by atoms with van der Waals surface area (Å²) in [5.41, 5.74) is 1.80. The highest BCUT2D eigenvalue weighted by Gasteiger charge is 2.27. The third-order valence-electron chi connectivity index (χ3n) is 3.72. The van der Waals surface area contributed by atoms with Crippen LogP contribution in [0, 0.1) is 5.41 Å². The van der Waals surface area contributed by atoms with Gasteiger partial charge >= 0.3 is 0 Å². The average molecular weight is 297 g/mol. The van der Waals surface area contributed by atoms with Crippen molar-refractivity contribution < 1.29 is 9.53 Å². The Morgan fingerprint density at radius 2 is 1.64 bits per heavy atom. The monoisotopic (exact) mass is 297 g/mol. The average Bonchev–Trinajstić information content (AvgIpc) is 2.53. The standard InChI is InChI=1S/C19H23NO2/c1-19(2,13-15-7-5-4-6-8-15)18(21)20-14-16-9-11-17(22-3)12-10-16/h4-12H,13-14H2,1-3H3,(H,20,21). The maximum atomic E-state index is 12.4. The molecule has 0 spiro atoms. The van der Waals surface area contributed by atoms with E-state index in [9.17, 15) is 4.79 Å². The summed E-state index contributed by atoms with van der Waals surface area (Å²) in [7, 11) is 1.64. The molecule has 2 aromatic rings. The summed E-state index contributed by atoms with van der Waals surface area (Å²) in [6, 6.07) is 17.8. The predicted molar refractivity (Wildman–Crippen MR) is 88.8 cm³/mol. The first kappa shape index (κ1) is 16.1. The van der Waals surface area contributed by atoms with Crippen LogP contribution in [0.25, 0.3) is 0 Å². The first-order chi connectivity index (χ1) is 10.5. The van der Waals surface area contributed by atoms with Crippen LogP contribution in [0.3, 0.4) is 0 Å². The third kappa shape index (κ3) is 4.35. The van der Waals surface area contributed by atoms with Gasteiger partial charge in [-0.2, -0.15) is 0 Å². The van der Waals surface area contributed by atoms with E-state index in [0.29, 0.717) is 6.54 Å². The molecule has 0 radical (unpaired) electrons. The van der Waals surface area contributed by atoms with Gasteiger partial charge in [0.2, 0.25) is 5.91 Å². The number of methoxy groups -OCH3 is 1. The number of rotatable bonds is 6. The molecule has 116 valence electrons. The van der Waals surface area contributed by atoms with Gasteiger partial charge in [0.15, 0.2) is 0 Å². The summed E-state index contributed by atoms with van der Waals surface area (Å²) in [5.74, 6) is 0.881. The number of amides is 1. The number of benzene rings is 2. The Morgan fingerprint density at radius 1 is 1.00 bits per heavy atom. The summed E-state index contributed by atoms with van der Waals surface area (Å²) in [6.07, 6.45) is 0.724. The van der Waals surface area contributed by atoms with Crippen molar-refractivity contribution in [3.05, 3.63) is 65.7 Å². The van der Waals surface area contributed by atoms with Gasteiger partial charge < -0.3 is 10.1 Å². The first-order valence-corrected chi connectivity index (χ1v) is 7.46. The molecule has 0 atom stereocenters. The minimum absolute atomic E-state index is 0.0622. The van der Waals surface area contributed by atoms with Crippen LogP contribution in [0.5, 0.6) is 5.75 Å². The van der Waals surface area contributed by atoms with Crippen LogP contribution in [-0.2, 0) is 17.8 Å². The topological polar surface area (TPSA) is 38.3 Å². The molecule has 2 aromatic carbocycles. The van der Waals surface area contributed by atoms with Crippen LogP contribution in [0.15, 0.2) is 54.6 Å².